The number of piperidine rings is 1. The van der Waals surface area contributed by atoms with Gasteiger partial charge in [-0.25, -0.2) is 4.79 Å². The topological polar surface area (TPSA) is 77.9 Å². The number of ether oxygens (including phenoxy) is 1. The molecular formula is C21H27N3O3. The number of rotatable bonds is 4. The summed E-state index contributed by atoms with van der Waals surface area (Å²) >= 11 is 0. The van der Waals surface area contributed by atoms with Gasteiger partial charge in [0.15, 0.2) is 5.71 Å². The monoisotopic (exact) mass is 369 g/mol. The molecule has 2 atom stereocenters. The third-order valence-corrected chi connectivity index (χ3v) is 6.60. The van der Waals surface area contributed by atoms with Gasteiger partial charge in [0, 0.05) is 29.6 Å². The maximum absolute atomic E-state index is 12.1. The number of oxime groups is 1. The van der Waals surface area contributed by atoms with Crippen molar-refractivity contribution in [2.75, 3.05) is 20.2 Å². The predicted molar refractivity (Wildman–Crippen MR) is 104 cm³/mol. The average Bonchev–Trinajstić information content (AvgIpc) is 3.10. The van der Waals surface area contributed by atoms with Crippen molar-refractivity contribution in [1.29, 1.82) is 0 Å². The van der Waals surface area contributed by atoms with Gasteiger partial charge in [0.2, 0.25) is 0 Å². The first-order valence-electron chi connectivity index (χ1n) is 9.76. The minimum Gasteiger partial charge on any atom is -0.464 e. The van der Waals surface area contributed by atoms with Crippen LogP contribution < -0.4 is 0 Å². The molecule has 0 saturated carbocycles. The lowest BCUT2D eigenvalue weighted by Crippen LogP contribution is -2.50. The summed E-state index contributed by atoms with van der Waals surface area (Å²) in [7, 11) is 1.33. The number of nitrogens with one attached hydrogen (secondary N) is 1. The van der Waals surface area contributed by atoms with Crippen LogP contribution in [-0.2, 0) is 16.0 Å². The molecule has 2 unspecified atom stereocenters. The molecule has 27 heavy (non-hydrogen) atoms. The third-order valence-electron chi connectivity index (χ3n) is 6.60. The maximum Gasteiger partial charge on any atom is 0.355 e. The van der Waals surface area contributed by atoms with E-state index in [-0.39, 0.29) is 17.2 Å². The Kier molecular flexibility index (Phi) is 4.68. The molecular weight excluding hydrogens is 342 g/mol. The average molecular weight is 369 g/mol. The quantitative estimate of drug-likeness (QED) is 0.373. The molecule has 1 fully saturated rings. The van der Waals surface area contributed by atoms with E-state index in [4.69, 9.17) is 4.74 Å². The van der Waals surface area contributed by atoms with E-state index in [0.29, 0.717) is 6.42 Å². The Morgan fingerprint density at radius 2 is 2.22 bits per heavy atom. The van der Waals surface area contributed by atoms with Crippen LogP contribution in [0.2, 0.25) is 0 Å². The first-order valence-corrected chi connectivity index (χ1v) is 9.76. The van der Waals surface area contributed by atoms with Crippen LogP contribution in [0.3, 0.4) is 0 Å². The van der Waals surface area contributed by atoms with E-state index in [2.05, 4.69) is 46.2 Å². The lowest BCUT2D eigenvalue weighted by Gasteiger charge is -2.52. The van der Waals surface area contributed by atoms with Crippen LogP contribution in [0.1, 0.15) is 49.9 Å². The summed E-state index contributed by atoms with van der Waals surface area (Å²) in [5.74, 6) is -0.546. The molecule has 6 heteroatoms. The maximum atomic E-state index is 12.1. The van der Waals surface area contributed by atoms with Crippen molar-refractivity contribution >= 4 is 22.6 Å². The zero-order chi connectivity index (χ0) is 19.0. The summed E-state index contributed by atoms with van der Waals surface area (Å²) < 4.78 is 4.84. The first-order chi connectivity index (χ1) is 13.1. The van der Waals surface area contributed by atoms with Gasteiger partial charge >= 0.3 is 5.97 Å². The van der Waals surface area contributed by atoms with Crippen LogP contribution in [0.4, 0.5) is 0 Å². The molecule has 0 radical (unpaired) electrons. The number of aromatic amines is 1. The highest BCUT2D eigenvalue weighted by atomic mass is 16.5. The van der Waals surface area contributed by atoms with E-state index in [1.165, 1.54) is 29.3 Å². The van der Waals surface area contributed by atoms with E-state index >= 15 is 0 Å². The molecule has 1 saturated heterocycles. The molecule has 0 spiro atoms. The van der Waals surface area contributed by atoms with E-state index in [1.54, 1.807) is 0 Å². The van der Waals surface area contributed by atoms with Crippen molar-refractivity contribution < 1.29 is 14.7 Å². The molecule has 2 aliphatic heterocycles. The van der Waals surface area contributed by atoms with Crippen molar-refractivity contribution in [3.8, 4) is 0 Å². The molecule has 144 valence electrons. The molecule has 3 heterocycles. The van der Waals surface area contributed by atoms with Gasteiger partial charge in [0.05, 0.1) is 13.2 Å². The first kappa shape index (κ1) is 18.0. The van der Waals surface area contributed by atoms with Gasteiger partial charge in [-0.2, -0.15) is 0 Å². The van der Waals surface area contributed by atoms with Crippen LogP contribution in [0.25, 0.3) is 10.9 Å². The number of hydrogen-bond acceptors (Lipinski definition) is 5. The number of nitrogens with zero attached hydrogens (tertiary/aromatic N) is 2. The number of esters is 1. The molecule has 2 aromatic rings. The highest BCUT2D eigenvalue weighted by Gasteiger charge is 2.48. The van der Waals surface area contributed by atoms with Gasteiger partial charge in [0.25, 0.3) is 0 Å². The number of hydrogen-bond donors (Lipinski definition) is 2. The molecule has 6 nitrogen and oxygen atoms in total. The fourth-order valence-electron chi connectivity index (χ4n) is 5.28. The highest BCUT2D eigenvalue weighted by molar-refractivity contribution is 6.36. The van der Waals surface area contributed by atoms with Gasteiger partial charge in [-0.3, -0.25) is 4.90 Å². The number of aromatic nitrogens is 1. The van der Waals surface area contributed by atoms with Gasteiger partial charge < -0.3 is 14.9 Å². The molecule has 2 aliphatic rings. The van der Waals surface area contributed by atoms with Crippen LogP contribution in [-0.4, -0.2) is 47.0 Å². The Morgan fingerprint density at radius 3 is 2.96 bits per heavy atom. The van der Waals surface area contributed by atoms with E-state index in [0.717, 1.165) is 38.8 Å². The molecule has 0 aliphatic carbocycles. The summed E-state index contributed by atoms with van der Waals surface area (Å²) in [6, 6.07) is 8.65. The largest absolute Gasteiger partial charge is 0.464 e. The third kappa shape index (κ3) is 2.83. The second-order valence-corrected chi connectivity index (χ2v) is 7.79. The van der Waals surface area contributed by atoms with Gasteiger partial charge in [-0.05, 0) is 49.3 Å². The number of benzene rings is 1. The molecule has 4 rings (SSSR count). The van der Waals surface area contributed by atoms with Gasteiger partial charge in [-0.1, -0.05) is 30.3 Å². The Morgan fingerprint density at radius 1 is 1.41 bits per heavy atom. The smallest absolute Gasteiger partial charge is 0.355 e. The zero-order valence-corrected chi connectivity index (χ0v) is 16.0. The Hall–Kier alpha value is -2.34. The number of carbonyl (C=O) groups excluding carboxylic acids is 1. The molecule has 1 aromatic carbocycles. The Labute approximate surface area is 159 Å². The Balaban J connectivity index is 1.81. The van der Waals surface area contributed by atoms with Crippen LogP contribution in [0.5, 0.6) is 0 Å². The summed E-state index contributed by atoms with van der Waals surface area (Å²) in [4.78, 5) is 18.3. The standard InChI is InChI=1S/C21H27N3O3/c1-3-21(13-17(23-26)20(25)27-2)10-6-11-24-12-9-15-14-7-4-5-8-16(14)22-18(15)19(21)24/h4-5,7-8,19,22,26H,3,6,9-13H2,1-2H3. The fourth-order valence-corrected chi connectivity index (χ4v) is 5.28. The highest BCUT2D eigenvalue weighted by Crippen LogP contribution is 2.53. The van der Waals surface area contributed by atoms with E-state index < -0.39 is 5.97 Å². The van der Waals surface area contributed by atoms with Crippen molar-refractivity contribution in [2.45, 2.75) is 45.1 Å². The van der Waals surface area contributed by atoms with Gasteiger partial charge in [0.1, 0.15) is 0 Å². The van der Waals surface area contributed by atoms with Crippen molar-refractivity contribution in [1.82, 2.24) is 9.88 Å². The van der Waals surface area contributed by atoms with Crippen LogP contribution >= 0.6 is 0 Å². The normalized spacial score (nSPS) is 25.9. The number of para-hydroxylation sites is 1. The number of carbonyl (C=O) groups is 1. The fraction of sp³-hybridized carbons (Fsp3) is 0.524. The molecule has 0 bridgehead atoms. The Bertz CT molecular complexity index is 888. The number of fused-ring (bicyclic) bond motifs is 5. The number of methoxy groups -OCH3 is 1. The lowest BCUT2D eigenvalue weighted by atomic mass is 9.65. The second-order valence-electron chi connectivity index (χ2n) is 7.79. The minimum absolute atomic E-state index is 0.115. The summed E-state index contributed by atoms with van der Waals surface area (Å²) in [6.45, 7) is 4.25. The SMILES string of the molecule is CCC1(CC(=NO)C(=O)OC)CCCN2CCc3c([nH]c4ccccc34)C21. The van der Waals surface area contributed by atoms with E-state index in [9.17, 15) is 10.0 Å². The van der Waals surface area contributed by atoms with Crippen molar-refractivity contribution in [2.24, 2.45) is 10.6 Å². The molecule has 1 aromatic heterocycles. The lowest BCUT2D eigenvalue weighted by molar-refractivity contribution is -0.133. The number of H-pyrrole nitrogens is 1. The van der Waals surface area contributed by atoms with Crippen molar-refractivity contribution in [3.05, 3.63) is 35.5 Å². The minimum atomic E-state index is -0.546. The van der Waals surface area contributed by atoms with E-state index in [1.807, 2.05) is 0 Å². The van der Waals surface area contributed by atoms with Crippen LogP contribution in [0.15, 0.2) is 29.4 Å². The van der Waals surface area contributed by atoms with Crippen molar-refractivity contribution in [3.63, 3.8) is 0 Å². The zero-order valence-electron chi connectivity index (χ0n) is 16.0. The van der Waals surface area contributed by atoms with Crippen LogP contribution in [0, 0.1) is 5.41 Å². The molecule has 0 amide bonds. The second kappa shape index (κ2) is 7.00. The summed E-state index contributed by atoms with van der Waals surface area (Å²) in [5.41, 5.74) is 3.79. The summed E-state index contributed by atoms with van der Waals surface area (Å²) in [5, 5.41) is 14.0. The predicted octanol–water partition coefficient (Wildman–Crippen LogP) is 3.65. The van der Waals surface area contributed by atoms with Gasteiger partial charge in [-0.15, -0.1) is 0 Å². The molecule has 2 N–H and O–H groups in total. The summed E-state index contributed by atoms with van der Waals surface area (Å²) in [6.07, 6.45) is 4.44.